The minimum atomic E-state index is -2.33. The van der Waals surface area contributed by atoms with Gasteiger partial charge >= 0.3 is 0 Å². The molecule has 15 heteroatoms. The number of hydrogen-bond donors (Lipinski definition) is 4. The lowest BCUT2D eigenvalue weighted by Gasteiger charge is -2.27. The molecule has 4 aromatic carbocycles. The van der Waals surface area contributed by atoms with Crippen LogP contribution in [0.5, 0.6) is 23.0 Å². The molecule has 0 unspecified atom stereocenters. The highest BCUT2D eigenvalue weighted by atomic mass is 79.9. The van der Waals surface area contributed by atoms with Gasteiger partial charge in [0.1, 0.15) is 23.0 Å². The Morgan fingerprint density at radius 3 is 0.652 bits per heavy atom. The number of rotatable bonds is 4. The van der Waals surface area contributed by atoms with Gasteiger partial charge in [-0.05, 0) is 204 Å². The summed E-state index contributed by atoms with van der Waals surface area (Å²) >= 11 is 26.9. The minimum absolute atomic E-state index is 0.183. The first-order valence-corrected chi connectivity index (χ1v) is 19.0. The average Bonchev–Trinajstić information content (AvgIpc) is 2.95. The summed E-state index contributed by atoms with van der Waals surface area (Å²) in [5, 5.41) is 56.1. The number of halogens is 8. The molecule has 248 valence electrons. The Hall–Kier alpha value is -0.810. The van der Waals surface area contributed by atoms with Gasteiger partial charge in [-0.3, -0.25) is 0 Å². The van der Waals surface area contributed by atoms with Gasteiger partial charge in [0.25, 0.3) is 0 Å². The molecule has 0 amide bonds. The van der Waals surface area contributed by atoms with Crippen LogP contribution >= 0.6 is 127 Å². The third kappa shape index (κ3) is 10.1. The van der Waals surface area contributed by atoms with Gasteiger partial charge in [0.15, 0.2) is 0 Å². The molecule has 0 aliphatic carbocycles. The van der Waals surface area contributed by atoms with Crippen molar-refractivity contribution in [1.82, 2.24) is 0 Å². The Labute approximate surface area is 333 Å². The number of benzene rings is 4. The number of phenols is 4. The summed E-state index contributed by atoms with van der Waals surface area (Å²) in [6, 6.07) is 15.2. The van der Waals surface area contributed by atoms with Gasteiger partial charge in [0, 0.05) is 10.8 Å². The molecule has 0 bridgehead atoms. The van der Waals surface area contributed by atoms with E-state index < -0.39 is 6.16 Å². The monoisotopic (exact) mass is 1140 g/mol. The van der Waals surface area contributed by atoms with E-state index in [1.165, 1.54) is 0 Å². The van der Waals surface area contributed by atoms with Crippen molar-refractivity contribution in [1.29, 1.82) is 0 Å². The second kappa shape index (κ2) is 16.7. The quantitative estimate of drug-likeness (QED) is 0.159. The first-order chi connectivity index (χ1) is 21.0. The van der Waals surface area contributed by atoms with Gasteiger partial charge < -0.3 is 35.4 Å². The standard InChI is InChI=1S/2C15H12Br4O2.CH2O3/c2*1-15(2,7-3-9(16)13(20)10(17)4-7)8-5-11(18)14(21)12(19)6-8;2-1(3)4/h2*3-6,20-21H,1-2H3;(H2,2,3,4)/p-2. The van der Waals surface area contributed by atoms with Crippen LogP contribution < -0.4 is 10.2 Å². The van der Waals surface area contributed by atoms with Crippen molar-refractivity contribution in [3.8, 4) is 23.0 Å². The van der Waals surface area contributed by atoms with E-state index in [0.717, 1.165) is 22.3 Å². The predicted molar refractivity (Wildman–Crippen MR) is 204 cm³/mol. The Bertz CT molecular complexity index is 1440. The van der Waals surface area contributed by atoms with E-state index in [-0.39, 0.29) is 33.8 Å². The van der Waals surface area contributed by atoms with Crippen molar-refractivity contribution < 1.29 is 35.4 Å². The first-order valence-electron chi connectivity index (χ1n) is 12.6. The molecular weight excluding hydrogens is 1120 g/mol. The van der Waals surface area contributed by atoms with Crippen LogP contribution in [-0.4, -0.2) is 26.6 Å². The van der Waals surface area contributed by atoms with Crippen molar-refractivity contribution in [2.45, 2.75) is 38.5 Å². The summed E-state index contributed by atoms with van der Waals surface area (Å²) in [6.45, 7) is 8.35. The Morgan fingerprint density at radius 1 is 0.435 bits per heavy atom. The zero-order valence-electron chi connectivity index (χ0n) is 24.2. The molecule has 46 heavy (non-hydrogen) atoms. The molecular formula is C31H24Br8O7-2. The van der Waals surface area contributed by atoms with Gasteiger partial charge in [0.2, 0.25) is 0 Å². The fourth-order valence-corrected chi connectivity index (χ4v) is 8.78. The maximum atomic E-state index is 9.85. The lowest BCUT2D eigenvalue weighted by molar-refractivity contribution is -0.415. The number of hydrogen-bond acceptors (Lipinski definition) is 7. The molecule has 0 radical (unpaired) electrons. The molecule has 0 fully saturated rings. The predicted octanol–water partition coefficient (Wildman–Crippen LogP) is 10.5. The summed E-state index contributed by atoms with van der Waals surface area (Å²) < 4.78 is 5.09. The van der Waals surface area contributed by atoms with Crippen LogP contribution in [0.1, 0.15) is 49.9 Å². The fourth-order valence-electron chi connectivity index (χ4n) is 4.04. The topological polar surface area (TPSA) is 144 Å². The third-order valence-electron chi connectivity index (χ3n) is 6.95. The molecule has 0 aromatic heterocycles. The molecule has 7 nitrogen and oxygen atoms in total. The number of phenolic OH excluding ortho intramolecular Hbond substituents is 4. The van der Waals surface area contributed by atoms with Crippen molar-refractivity contribution in [2.24, 2.45) is 0 Å². The molecule has 0 saturated heterocycles. The maximum Gasteiger partial charge on any atom is 0.143 e. The van der Waals surface area contributed by atoms with Crippen LogP contribution in [0.15, 0.2) is 84.3 Å². The summed E-state index contributed by atoms with van der Waals surface area (Å²) in [5.74, 6) is 0.732. The summed E-state index contributed by atoms with van der Waals surface area (Å²) in [6.07, 6.45) is -2.33. The second-order valence-corrected chi connectivity index (χ2v) is 17.5. The van der Waals surface area contributed by atoms with Crippen LogP contribution in [0.3, 0.4) is 0 Å². The van der Waals surface area contributed by atoms with E-state index in [1.807, 2.05) is 48.5 Å². The van der Waals surface area contributed by atoms with Crippen LogP contribution in [0, 0.1) is 0 Å². The van der Waals surface area contributed by atoms with Crippen LogP contribution in [0.2, 0.25) is 0 Å². The number of carbonyl (C=O) groups is 1. The lowest BCUT2D eigenvalue weighted by Crippen LogP contribution is -2.37. The van der Waals surface area contributed by atoms with E-state index in [0.29, 0.717) is 35.8 Å². The zero-order valence-corrected chi connectivity index (χ0v) is 36.8. The van der Waals surface area contributed by atoms with Crippen molar-refractivity contribution >= 4 is 134 Å². The van der Waals surface area contributed by atoms with Gasteiger partial charge in [-0.1, -0.05) is 27.7 Å². The van der Waals surface area contributed by atoms with Gasteiger partial charge in [-0.25, -0.2) is 0 Å². The molecule has 4 rings (SSSR count). The summed E-state index contributed by atoms with van der Waals surface area (Å²) in [7, 11) is 0. The highest BCUT2D eigenvalue weighted by molar-refractivity contribution is 9.12. The molecule has 0 atom stereocenters. The Morgan fingerprint density at radius 2 is 0.543 bits per heavy atom. The smallest absolute Gasteiger partial charge is 0.143 e. The normalized spacial score (nSPS) is 11.2. The van der Waals surface area contributed by atoms with E-state index >= 15 is 0 Å². The zero-order chi connectivity index (χ0) is 35.5. The highest BCUT2D eigenvalue weighted by Crippen LogP contribution is 2.45. The van der Waals surface area contributed by atoms with Crippen molar-refractivity contribution in [2.75, 3.05) is 0 Å². The molecule has 0 aliphatic rings. The van der Waals surface area contributed by atoms with Crippen molar-refractivity contribution in [3.63, 3.8) is 0 Å². The molecule has 0 spiro atoms. The highest BCUT2D eigenvalue weighted by Gasteiger charge is 2.28. The van der Waals surface area contributed by atoms with Gasteiger partial charge in [0.05, 0.1) is 35.8 Å². The number of carbonyl (C=O) groups excluding carboxylic acids is 1. The Kier molecular flexibility index (Phi) is 15.0. The molecule has 0 aliphatic heterocycles. The van der Waals surface area contributed by atoms with E-state index in [9.17, 15) is 20.4 Å². The van der Waals surface area contributed by atoms with Crippen molar-refractivity contribution in [3.05, 3.63) is 107 Å². The van der Waals surface area contributed by atoms with E-state index in [2.05, 4.69) is 155 Å². The Balaban J connectivity index is 0.000000287. The average molecular weight is 1150 g/mol. The minimum Gasteiger partial charge on any atom is -0.652 e. The van der Waals surface area contributed by atoms with Crippen LogP contribution in [-0.2, 0) is 10.8 Å². The largest absolute Gasteiger partial charge is 0.652 e. The second-order valence-electron chi connectivity index (χ2n) is 10.7. The van der Waals surface area contributed by atoms with E-state index in [1.54, 1.807) is 0 Å². The summed E-state index contributed by atoms with van der Waals surface area (Å²) in [4.78, 5) is 8.33. The van der Waals surface area contributed by atoms with Gasteiger partial charge in [-0.2, -0.15) is 0 Å². The van der Waals surface area contributed by atoms with E-state index in [4.69, 9.17) is 15.0 Å². The molecule has 4 aromatic rings. The van der Waals surface area contributed by atoms with Crippen LogP contribution in [0.4, 0.5) is 4.79 Å². The lowest BCUT2D eigenvalue weighted by atomic mass is 9.78. The first kappa shape index (κ1) is 41.4. The molecule has 4 N–H and O–H groups in total. The summed E-state index contributed by atoms with van der Waals surface area (Å²) in [5.41, 5.74) is 3.51. The molecule has 0 heterocycles. The number of aromatic hydroxyl groups is 4. The SMILES string of the molecule is CC(C)(c1cc(Br)c(O)c(Br)c1)c1cc(Br)c(O)c(Br)c1.CC(C)(c1cc(Br)c(O)c(Br)c1)c1cc(Br)c(O)c(Br)c1.O=C([O-])[O-]. The third-order valence-corrected chi connectivity index (χ3v) is 11.8. The fraction of sp³-hybridized carbons (Fsp3) is 0.194. The molecule has 0 saturated carbocycles. The van der Waals surface area contributed by atoms with Crippen LogP contribution in [0.25, 0.3) is 0 Å². The number of carboxylic acid groups (broad SMARTS) is 2. The maximum absolute atomic E-state index is 9.85. The van der Waals surface area contributed by atoms with Gasteiger partial charge in [-0.15, -0.1) is 0 Å².